The fourth-order valence-corrected chi connectivity index (χ4v) is 2.83. The van der Waals surface area contributed by atoms with Crippen molar-refractivity contribution in [2.45, 2.75) is 44.5 Å². The minimum atomic E-state index is -4.61. The van der Waals surface area contributed by atoms with Gasteiger partial charge in [0, 0.05) is 24.9 Å². The number of hydrogen-bond acceptors (Lipinski definition) is 2. The average Bonchev–Trinajstić information content (AvgIpc) is 2.97. The largest absolute Gasteiger partial charge is 0.417 e. The molecule has 1 fully saturated rings. The third-order valence-corrected chi connectivity index (χ3v) is 4.25. The summed E-state index contributed by atoms with van der Waals surface area (Å²) < 4.78 is 76.8. The summed E-state index contributed by atoms with van der Waals surface area (Å²) in [6.45, 7) is -0.116. The Kier molecular flexibility index (Phi) is 5.10. The van der Waals surface area contributed by atoms with E-state index in [1.54, 1.807) is 0 Å². The van der Waals surface area contributed by atoms with Crippen LogP contribution in [-0.2, 0) is 17.4 Å². The van der Waals surface area contributed by atoms with Crippen LogP contribution in [0.15, 0.2) is 18.3 Å². The number of rotatable bonds is 4. The second-order valence-electron chi connectivity index (χ2n) is 5.83. The van der Waals surface area contributed by atoms with Gasteiger partial charge in [-0.15, -0.1) is 0 Å². The van der Waals surface area contributed by atoms with Gasteiger partial charge < -0.3 is 5.32 Å². The van der Waals surface area contributed by atoms with E-state index in [0.29, 0.717) is 19.0 Å². The number of nitrogens with zero attached hydrogens (tertiary/aromatic N) is 1. The van der Waals surface area contributed by atoms with Crippen molar-refractivity contribution in [2.24, 2.45) is 5.41 Å². The first-order valence-electron chi connectivity index (χ1n) is 7.43. The van der Waals surface area contributed by atoms with Crippen molar-refractivity contribution in [1.29, 1.82) is 0 Å². The summed E-state index contributed by atoms with van der Waals surface area (Å²) in [6, 6.07) is 1.99. The average molecular weight is 354 g/mol. The Balaban J connectivity index is 1.93. The van der Waals surface area contributed by atoms with Crippen molar-refractivity contribution >= 4 is 5.91 Å². The summed E-state index contributed by atoms with van der Waals surface area (Å²) in [5, 5.41) is 2.24. The van der Waals surface area contributed by atoms with Gasteiger partial charge in [-0.25, -0.2) is 0 Å². The standard InChI is InChI=1S/C15H16F6N2O/c16-14(17,18)10-3-4-11(23-9-10)5-8-22-12(24)13(15(19,20)21)6-1-2-7-13/h3-4,9H,1-2,5-8H2,(H,22,24). The number of carbonyl (C=O) groups excluding carboxylic acids is 1. The highest BCUT2D eigenvalue weighted by Gasteiger charge is 2.60. The van der Waals surface area contributed by atoms with Crippen LogP contribution in [0.3, 0.4) is 0 Å². The lowest BCUT2D eigenvalue weighted by molar-refractivity contribution is -0.220. The van der Waals surface area contributed by atoms with Crippen LogP contribution in [0.2, 0.25) is 0 Å². The van der Waals surface area contributed by atoms with E-state index < -0.39 is 29.2 Å². The molecule has 1 amide bonds. The molecule has 2 rings (SSSR count). The van der Waals surface area contributed by atoms with Gasteiger partial charge in [0.2, 0.25) is 5.91 Å². The van der Waals surface area contributed by atoms with E-state index in [1.165, 1.54) is 0 Å². The smallest absolute Gasteiger partial charge is 0.355 e. The van der Waals surface area contributed by atoms with Gasteiger partial charge in [-0.2, -0.15) is 26.3 Å². The second kappa shape index (κ2) is 6.60. The molecule has 0 aliphatic heterocycles. The normalized spacial score (nSPS) is 17.8. The van der Waals surface area contributed by atoms with E-state index in [0.717, 1.165) is 12.1 Å². The van der Waals surface area contributed by atoms with Gasteiger partial charge in [-0.1, -0.05) is 12.8 Å². The van der Waals surface area contributed by atoms with Crippen LogP contribution in [0.25, 0.3) is 0 Å². The Morgan fingerprint density at radius 3 is 2.21 bits per heavy atom. The van der Waals surface area contributed by atoms with E-state index in [9.17, 15) is 31.1 Å². The maximum atomic E-state index is 13.2. The highest BCUT2D eigenvalue weighted by atomic mass is 19.4. The zero-order valence-electron chi connectivity index (χ0n) is 12.6. The molecule has 1 N–H and O–H groups in total. The lowest BCUT2D eigenvalue weighted by Gasteiger charge is -2.30. The van der Waals surface area contributed by atoms with Crippen molar-refractivity contribution in [3.63, 3.8) is 0 Å². The van der Waals surface area contributed by atoms with Crippen LogP contribution in [0.1, 0.15) is 36.9 Å². The van der Waals surface area contributed by atoms with E-state index in [2.05, 4.69) is 10.3 Å². The van der Waals surface area contributed by atoms with Gasteiger partial charge in [-0.05, 0) is 25.0 Å². The Hall–Kier alpha value is -1.80. The first-order chi connectivity index (χ1) is 11.1. The first-order valence-corrected chi connectivity index (χ1v) is 7.43. The van der Waals surface area contributed by atoms with E-state index >= 15 is 0 Å². The zero-order valence-corrected chi connectivity index (χ0v) is 12.6. The molecule has 1 aromatic heterocycles. The molecule has 0 bridgehead atoms. The molecule has 0 unspecified atom stereocenters. The third kappa shape index (κ3) is 3.81. The molecular formula is C15H16F6N2O. The number of amides is 1. The van der Waals surface area contributed by atoms with Crippen molar-refractivity contribution in [1.82, 2.24) is 10.3 Å². The van der Waals surface area contributed by atoms with Crippen LogP contribution in [0.5, 0.6) is 0 Å². The van der Waals surface area contributed by atoms with Gasteiger partial charge >= 0.3 is 12.4 Å². The quantitative estimate of drug-likeness (QED) is 0.834. The first kappa shape index (κ1) is 18.5. The molecule has 0 atom stereocenters. The number of hydrogen-bond donors (Lipinski definition) is 1. The number of carbonyl (C=O) groups is 1. The van der Waals surface area contributed by atoms with Crippen molar-refractivity contribution in [3.8, 4) is 0 Å². The van der Waals surface area contributed by atoms with E-state index in [1.807, 2.05) is 0 Å². The molecule has 134 valence electrons. The summed E-state index contributed by atoms with van der Waals surface area (Å²) in [7, 11) is 0. The van der Waals surface area contributed by atoms with Crippen molar-refractivity contribution < 1.29 is 31.1 Å². The van der Waals surface area contributed by atoms with E-state index in [-0.39, 0.29) is 31.5 Å². The molecule has 1 aromatic rings. The van der Waals surface area contributed by atoms with Gasteiger partial charge in [-0.3, -0.25) is 9.78 Å². The SMILES string of the molecule is O=C(NCCc1ccc(C(F)(F)F)cn1)C1(C(F)(F)F)CCCC1. The van der Waals surface area contributed by atoms with Crippen molar-refractivity contribution in [2.75, 3.05) is 6.54 Å². The Bertz CT molecular complexity index is 573. The molecule has 0 saturated heterocycles. The predicted molar refractivity (Wildman–Crippen MR) is 72.9 cm³/mol. The molecule has 1 saturated carbocycles. The minimum absolute atomic E-state index is 0.0534. The number of halogens is 6. The third-order valence-electron chi connectivity index (χ3n) is 4.25. The lowest BCUT2D eigenvalue weighted by Crippen LogP contribution is -2.49. The monoisotopic (exact) mass is 354 g/mol. The zero-order chi connectivity index (χ0) is 18.0. The summed E-state index contributed by atoms with van der Waals surface area (Å²) in [5.74, 6) is -1.07. The Morgan fingerprint density at radius 2 is 1.75 bits per heavy atom. The topological polar surface area (TPSA) is 42.0 Å². The molecule has 1 aliphatic rings. The maximum Gasteiger partial charge on any atom is 0.417 e. The van der Waals surface area contributed by atoms with Gasteiger partial charge in [0.1, 0.15) is 5.41 Å². The molecular weight excluding hydrogens is 338 g/mol. The number of nitrogens with one attached hydrogen (secondary N) is 1. The molecule has 0 spiro atoms. The van der Waals surface area contributed by atoms with Crippen LogP contribution in [-0.4, -0.2) is 23.6 Å². The van der Waals surface area contributed by atoms with Crippen LogP contribution >= 0.6 is 0 Å². The van der Waals surface area contributed by atoms with Gasteiger partial charge in [0.15, 0.2) is 0 Å². The number of alkyl halides is 6. The summed E-state index contributed by atoms with van der Waals surface area (Å²) in [4.78, 5) is 15.6. The molecule has 1 aliphatic carbocycles. The van der Waals surface area contributed by atoms with Crippen LogP contribution < -0.4 is 5.32 Å². The van der Waals surface area contributed by atoms with Crippen molar-refractivity contribution in [3.05, 3.63) is 29.6 Å². The Morgan fingerprint density at radius 1 is 1.12 bits per heavy atom. The van der Waals surface area contributed by atoms with E-state index in [4.69, 9.17) is 0 Å². The lowest BCUT2D eigenvalue weighted by atomic mass is 9.84. The predicted octanol–water partition coefficient (Wildman–Crippen LogP) is 3.88. The number of aromatic nitrogens is 1. The molecule has 1 heterocycles. The van der Waals surface area contributed by atoms with Crippen LogP contribution in [0, 0.1) is 5.41 Å². The number of pyridine rings is 1. The highest BCUT2D eigenvalue weighted by Crippen LogP contribution is 2.50. The summed E-state index contributed by atoms with van der Waals surface area (Å²) >= 11 is 0. The minimum Gasteiger partial charge on any atom is -0.355 e. The van der Waals surface area contributed by atoms with Gasteiger partial charge in [0.05, 0.1) is 5.56 Å². The highest BCUT2D eigenvalue weighted by molar-refractivity contribution is 5.83. The summed E-state index contributed by atoms with van der Waals surface area (Å²) in [6.07, 6.45) is -8.19. The summed E-state index contributed by atoms with van der Waals surface area (Å²) in [5.41, 5.74) is -2.99. The molecule has 9 heteroatoms. The fourth-order valence-electron chi connectivity index (χ4n) is 2.83. The van der Waals surface area contributed by atoms with Crippen LogP contribution in [0.4, 0.5) is 26.3 Å². The molecule has 0 aromatic carbocycles. The van der Waals surface area contributed by atoms with Gasteiger partial charge in [0.25, 0.3) is 0 Å². The fraction of sp³-hybridized carbons (Fsp3) is 0.600. The molecule has 3 nitrogen and oxygen atoms in total. The second-order valence-corrected chi connectivity index (χ2v) is 5.83. The maximum absolute atomic E-state index is 13.2. The molecule has 0 radical (unpaired) electrons. The molecule has 24 heavy (non-hydrogen) atoms. The Labute approximate surface area is 134 Å².